The van der Waals surface area contributed by atoms with Gasteiger partial charge in [0.2, 0.25) is 5.88 Å². The Balaban J connectivity index is 2.04. The third-order valence-corrected chi connectivity index (χ3v) is 3.57. The zero-order valence-corrected chi connectivity index (χ0v) is 13.6. The van der Waals surface area contributed by atoms with E-state index >= 15 is 0 Å². The molecule has 3 aromatic rings. The van der Waals surface area contributed by atoms with Crippen molar-refractivity contribution in [2.24, 2.45) is 0 Å². The molecule has 1 aromatic carbocycles. The Morgan fingerprint density at radius 1 is 1.12 bits per heavy atom. The summed E-state index contributed by atoms with van der Waals surface area (Å²) in [4.78, 5) is 22.5. The lowest BCUT2D eigenvalue weighted by Gasteiger charge is -2.10. The van der Waals surface area contributed by atoms with Crippen LogP contribution in [0.3, 0.4) is 0 Å². The van der Waals surface area contributed by atoms with Gasteiger partial charge < -0.3 is 15.5 Å². The fourth-order valence-electron chi connectivity index (χ4n) is 2.43. The molecule has 26 heavy (non-hydrogen) atoms. The van der Waals surface area contributed by atoms with Crippen molar-refractivity contribution in [1.82, 2.24) is 15.0 Å². The number of hydrogen-bond donors (Lipinski definition) is 2. The van der Waals surface area contributed by atoms with E-state index in [0.29, 0.717) is 17.2 Å². The maximum absolute atomic E-state index is 12.0. The summed E-state index contributed by atoms with van der Waals surface area (Å²) in [6.45, 7) is 1.80. The number of aromatic nitrogens is 3. The molecule has 3 N–H and O–H groups in total. The predicted octanol–water partition coefficient (Wildman–Crippen LogP) is 2.26. The van der Waals surface area contributed by atoms with Crippen molar-refractivity contribution in [2.75, 3.05) is 5.73 Å². The summed E-state index contributed by atoms with van der Waals surface area (Å²) in [5, 5.41) is 18.6. The Labute approximate surface area is 148 Å². The third kappa shape index (κ3) is 3.07. The number of anilines is 1. The lowest BCUT2D eigenvalue weighted by atomic mass is 9.97. The van der Waals surface area contributed by atoms with Crippen molar-refractivity contribution in [3.8, 4) is 34.9 Å². The van der Waals surface area contributed by atoms with Crippen LogP contribution in [0.1, 0.15) is 16.8 Å². The molecule has 3 rings (SSSR count). The van der Waals surface area contributed by atoms with Crippen molar-refractivity contribution < 1.29 is 4.74 Å². The van der Waals surface area contributed by atoms with Gasteiger partial charge in [0.25, 0.3) is 5.56 Å². The van der Waals surface area contributed by atoms with E-state index in [4.69, 9.17) is 10.5 Å². The van der Waals surface area contributed by atoms with Gasteiger partial charge in [0.15, 0.2) is 0 Å². The molecule has 0 saturated heterocycles. The Hall–Kier alpha value is -4.17. The van der Waals surface area contributed by atoms with Gasteiger partial charge in [-0.3, -0.25) is 9.78 Å². The molecule has 8 nitrogen and oxygen atoms in total. The molecule has 0 radical (unpaired) electrons. The molecule has 8 heteroatoms. The minimum absolute atomic E-state index is 0.0411. The molecule has 0 atom stereocenters. The van der Waals surface area contributed by atoms with Crippen LogP contribution in [0.4, 0.5) is 5.82 Å². The lowest BCUT2D eigenvalue weighted by molar-refractivity contribution is 0.459. The number of aromatic amines is 1. The SMILES string of the molecule is Cc1cncc(Oc2ccc(-c3c(C#N)c(N)[nH]c(=O)c3C#N)cc2)n1. The van der Waals surface area contributed by atoms with Crippen molar-refractivity contribution in [2.45, 2.75) is 6.92 Å². The number of nitrogens with two attached hydrogens (primary N) is 1. The van der Waals surface area contributed by atoms with E-state index in [1.165, 1.54) is 6.20 Å². The zero-order chi connectivity index (χ0) is 18.7. The second kappa shape index (κ2) is 6.75. The minimum Gasteiger partial charge on any atom is -0.437 e. The summed E-state index contributed by atoms with van der Waals surface area (Å²) < 4.78 is 5.61. The third-order valence-electron chi connectivity index (χ3n) is 3.57. The average Bonchev–Trinajstić information content (AvgIpc) is 2.62. The number of pyridine rings is 1. The molecule has 0 aliphatic carbocycles. The van der Waals surface area contributed by atoms with Crippen LogP contribution in [-0.2, 0) is 0 Å². The molecule has 0 saturated carbocycles. The van der Waals surface area contributed by atoms with Crippen LogP contribution in [0.25, 0.3) is 11.1 Å². The number of aryl methyl sites for hydroxylation is 1. The highest BCUT2D eigenvalue weighted by Gasteiger charge is 2.18. The van der Waals surface area contributed by atoms with Gasteiger partial charge in [-0.05, 0) is 24.6 Å². The second-order valence-corrected chi connectivity index (χ2v) is 5.34. The van der Waals surface area contributed by atoms with Crippen LogP contribution in [0, 0.1) is 29.6 Å². The number of nitrogen functional groups attached to an aromatic ring is 1. The molecule has 0 aliphatic rings. The van der Waals surface area contributed by atoms with Crippen molar-refractivity contribution in [1.29, 1.82) is 10.5 Å². The van der Waals surface area contributed by atoms with Gasteiger partial charge in [-0.1, -0.05) is 12.1 Å². The van der Waals surface area contributed by atoms with Gasteiger partial charge in [0.1, 0.15) is 34.8 Å². The zero-order valence-electron chi connectivity index (χ0n) is 13.6. The average molecular weight is 344 g/mol. The number of nitrogens with one attached hydrogen (secondary N) is 1. The first-order chi connectivity index (χ1) is 12.5. The van der Waals surface area contributed by atoms with Crippen molar-refractivity contribution in [3.63, 3.8) is 0 Å². The standard InChI is InChI=1S/C18H12N6O2/c1-10-8-22-9-15(23-10)26-12-4-2-11(3-5-12)16-13(6-19)17(21)24-18(25)14(16)7-20/h2-5,8-9H,1H3,(H3,21,24,25). The highest BCUT2D eigenvalue weighted by molar-refractivity contribution is 5.80. The summed E-state index contributed by atoms with van der Waals surface area (Å²) in [6, 6.07) is 10.3. The van der Waals surface area contributed by atoms with E-state index in [1.807, 2.05) is 12.1 Å². The normalized spacial score (nSPS) is 9.96. The maximum Gasteiger partial charge on any atom is 0.268 e. The second-order valence-electron chi connectivity index (χ2n) is 5.34. The number of benzene rings is 1. The van der Waals surface area contributed by atoms with Gasteiger partial charge >= 0.3 is 0 Å². The molecule has 126 valence electrons. The fourth-order valence-corrected chi connectivity index (χ4v) is 2.43. The van der Waals surface area contributed by atoms with Crippen molar-refractivity contribution in [3.05, 3.63) is 63.8 Å². The molecule has 0 spiro atoms. The molecular weight excluding hydrogens is 332 g/mol. The van der Waals surface area contributed by atoms with Gasteiger partial charge in [0, 0.05) is 11.8 Å². The van der Waals surface area contributed by atoms with Crippen LogP contribution >= 0.6 is 0 Å². The van der Waals surface area contributed by atoms with Crippen molar-refractivity contribution >= 4 is 5.82 Å². The largest absolute Gasteiger partial charge is 0.437 e. The van der Waals surface area contributed by atoms with Crippen LogP contribution in [-0.4, -0.2) is 15.0 Å². The first-order valence-electron chi connectivity index (χ1n) is 7.46. The summed E-state index contributed by atoms with van der Waals surface area (Å²) in [5.41, 5.74) is 6.35. The highest BCUT2D eigenvalue weighted by Crippen LogP contribution is 2.30. The fraction of sp³-hybridized carbons (Fsp3) is 0.0556. The van der Waals surface area contributed by atoms with Crippen LogP contribution in [0.15, 0.2) is 41.5 Å². The van der Waals surface area contributed by atoms with Crippen LogP contribution < -0.4 is 16.0 Å². The maximum atomic E-state index is 12.0. The number of H-pyrrole nitrogens is 1. The quantitative estimate of drug-likeness (QED) is 0.742. The molecule has 0 fully saturated rings. The number of nitriles is 2. The Morgan fingerprint density at radius 3 is 2.42 bits per heavy atom. The van der Waals surface area contributed by atoms with Crippen LogP contribution in [0.5, 0.6) is 11.6 Å². The van der Waals surface area contributed by atoms with E-state index in [0.717, 1.165) is 5.69 Å². The number of hydrogen-bond acceptors (Lipinski definition) is 7. The first kappa shape index (κ1) is 16.7. The predicted molar refractivity (Wildman–Crippen MR) is 93.2 cm³/mol. The number of nitrogens with zero attached hydrogens (tertiary/aromatic N) is 4. The molecule has 0 amide bonds. The van der Waals surface area contributed by atoms with Gasteiger partial charge in [-0.25, -0.2) is 4.98 Å². The van der Waals surface area contributed by atoms with E-state index < -0.39 is 5.56 Å². The van der Waals surface area contributed by atoms with Crippen LogP contribution in [0.2, 0.25) is 0 Å². The topological polar surface area (TPSA) is 141 Å². The molecule has 0 unspecified atom stereocenters. The molecule has 2 aromatic heterocycles. The van der Waals surface area contributed by atoms with E-state index in [-0.39, 0.29) is 22.5 Å². The molecule has 0 aliphatic heterocycles. The lowest BCUT2D eigenvalue weighted by Crippen LogP contribution is -2.16. The summed E-state index contributed by atoms with van der Waals surface area (Å²) in [5.74, 6) is 0.749. The first-order valence-corrected chi connectivity index (χ1v) is 7.46. The minimum atomic E-state index is -0.644. The smallest absolute Gasteiger partial charge is 0.268 e. The molecular formula is C18H12N6O2. The summed E-state index contributed by atoms with van der Waals surface area (Å²) in [7, 11) is 0. The molecule has 2 heterocycles. The summed E-state index contributed by atoms with van der Waals surface area (Å²) in [6.07, 6.45) is 3.10. The van der Waals surface area contributed by atoms with E-state index in [2.05, 4.69) is 15.0 Å². The Bertz CT molecular complexity index is 1120. The Morgan fingerprint density at radius 2 is 1.81 bits per heavy atom. The van der Waals surface area contributed by atoms with Gasteiger partial charge in [0.05, 0.1) is 11.9 Å². The van der Waals surface area contributed by atoms with E-state index in [1.54, 1.807) is 37.4 Å². The molecule has 0 bridgehead atoms. The number of ether oxygens (including phenoxy) is 1. The highest BCUT2D eigenvalue weighted by atomic mass is 16.5. The van der Waals surface area contributed by atoms with Gasteiger partial charge in [-0.2, -0.15) is 10.5 Å². The summed E-state index contributed by atoms with van der Waals surface area (Å²) >= 11 is 0. The number of rotatable bonds is 3. The Kier molecular flexibility index (Phi) is 4.33. The monoisotopic (exact) mass is 344 g/mol. The van der Waals surface area contributed by atoms with E-state index in [9.17, 15) is 15.3 Å². The van der Waals surface area contributed by atoms with Gasteiger partial charge in [-0.15, -0.1) is 0 Å².